The van der Waals surface area contributed by atoms with Crippen LogP contribution in [0.15, 0.2) is 11.2 Å². The van der Waals surface area contributed by atoms with Crippen LogP contribution in [0.1, 0.15) is 12.6 Å². The molecule has 0 aliphatic carbocycles. The molecule has 2 aromatic rings. The van der Waals surface area contributed by atoms with Crippen LogP contribution in [0.3, 0.4) is 0 Å². The molecule has 0 spiro atoms. The van der Waals surface area contributed by atoms with Gasteiger partial charge in [0, 0.05) is 19.3 Å². The summed E-state index contributed by atoms with van der Waals surface area (Å²) in [5.74, 6) is 0.531. The Balaban J connectivity index is 2.33. The van der Waals surface area contributed by atoms with Crippen LogP contribution in [0.5, 0.6) is 0 Å². The first kappa shape index (κ1) is 13.6. The van der Waals surface area contributed by atoms with Gasteiger partial charge in [-0.05, 0) is 19.9 Å². The molecule has 2 aromatic heterocycles. The van der Waals surface area contributed by atoms with Crippen LogP contribution in [0.4, 0.5) is 0 Å². The van der Waals surface area contributed by atoms with Gasteiger partial charge in [0.2, 0.25) is 5.91 Å². The van der Waals surface area contributed by atoms with Crippen molar-refractivity contribution < 1.29 is 4.79 Å². The molecule has 0 saturated carbocycles. The van der Waals surface area contributed by atoms with Crippen molar-refractivity contribution in [2.75, 3.05) is 5.75 Å². The zero-order valence-electron chi connectivity index (χ0n) is 11.1. The minimum Gasteiger partial charge on any atom is -0.369 e. The van der Waals surface area contributed by atoms with Gasteiger partial charge in [0.1, 0.15) is 5.69 Å². The Hall–Kier alpha value is -1.83. The number of amides is 1. The van der Waals surface area contributed by atoms with E-state index in [0.717, 1.165) is 11.4 Å². The maximum Gasteiger partial charge on any atom is 0.227 e. The Morgan fingerprint density at radius 2 is 2.21 bits per heavy atom. The number of nitrogens with zero attached hydrogens (tertiary/aromatic N) is 5. The van der Waals surface area contributed by atoms with Crippen molar-refractivity contribution in [3.8, 4) is 11.5 Å². The van der Waals surface area contributed by atoms with E-state index in [0.29, 0.717) is 17.5 Å². The second kappa shape index (κ2) is 5.43. The van der Waals surface area contributed by atoms with Gasteiger partial charge in [-0.1, -0.05) is 11.8 Å². The lowest BCUT2D eigenvalue weighted by atomic mass is 10.3. The highest BCUT2D eigenvalue weighted by molar-refractivity contribution is 7.99. The van der Waals surface area contributed by atoms with E-state index in [9.17, 15) is 4.79 Å². The summed E-state index contributed by atoms with van der Waals surface area (Å²) >= 11 is 1.29. The third-order valence-electron chi connectivity index (χ3n) is 2.72. The number of aryl methyl sites for hydroxylation is 2. The van der Waals surface area contributed by atoms with Gasteiger partial charge in [0.05, 0.1) is 5.75 Å². The summed E-state index contributed by atoms with van der Waals surface area (Å²) in [6.45, 7) is 4.68. The highest BCUT2D eigenvalue weighted by Crippen LogP contribution is 2.23. The smallest absolute Gasteiger partial charge is 0.227 e. The summed E-state index contributed by atoms with van der Waals surface area (Å²) in [6.07, 6.45) is 0. The first-order chi connectivity index (χ1) is 9.02. The van der Waals surface area contributed by atoms with E-state index < -0.39 is 0 Å². The largest absolute Gasteiger partial charge is 0.369 e. The molecular weight excluding hydrogens is 264 g/mol. The lowest BCUT2D eigenvalue weighted by molar-refractivity contribution is -0.115. The third kappa shape index (κ3) is 2.78. The molecule has 1 amide bonds. The minimum absolute atomic E-state index is 0.194. The van der Waals surface area contributed by atoms with Crippen molar-refractivity contribution in [2.45, 2.75) is 25.5 Å². The number of primary amides is 1. The number of carbonyl (C=O) groups is 1. The molecule has 0 aliphatic heterocycles. The summed E-state index contributed by atoms with van der Waals surface area (Å²) in [7, 11) is 1.88. The van der Waals surface area contributed by atoms with Crippen LogP contribution in [0, 0.1) is 6.92 Å². The van der Waals surface area contributed by atoms with Gasteiger partial charge in [0.15, 0.2) is 11.0 Å². The van der Waals surface area contributed by atoms with E-state index >= 15 is 0 Å². The van der Waals surface area contributed by atoms with Gasteiger partial charge >= 0.3 is 0 Å². The molecule has 0 bridgehead atoms. The van der Waals surface area contributed by atoms with Gasteiger partial charge in [-0.25, -0.2) is 0 Å². The topological polar surface area (TPSA) is 91.6 Å². The van der Waals surface area contributed by atoms with Crippen LogP contribution >= 0.6 is 11.8 Å². The molecule has 0 saturated heterocycles. The minimum atomic E-state index is -0.370. The van der Waals surface area contributed by atoms with E-state index in [4.69, 9.17) is 5.73 Å². The fraction of sp³-hybridized carbons (Fsp3) is 0.455. The van der Waals surface area contributed by atoms with Gasteiger partial charge in [0.25, 0.3) is 0 Å². The highest BCUT2D eigenvalue weighted by atomic mass is 32.2. The summed E-state index contributed by atoms with van der Waals surface area (Å²) in [5, 5.41) is 13.3. The van der Waals surface area contributed by atoms with Gasteiger partial charge in [-0.3, -0.25) is 9.48 Å². The Morgan fingerprint density at radius 1 is 1.47 bits per heavy atom. The summed E-state index contributed by atoms with van der Waals surface area (Å²) in [5.41, 5.74) is 6.97. The lowest BCUT2D eigenvalue weighted by Crippen LogP contribution is -2.13. The van der Waals surface area contributed by atoms with Crippen molar-refractivity contribution >= 4 is 17.7 Å². The van der Waals surface area contributed by atoms with Crippen molar-refractivity contribution in [3.63, 3.8) is 0 Å². The Bertz CT molecular complexity index is 583. The molecule has 0 fully saturated rings. The predicted octanol–water partition coefficient (Wildman–Crippen LogP) is 0.584. The lowest BCUT2D eigenvalue weighted by Gasteiger charge is -2.04. The fourth-order valence-corrected chi connectivity index (χ4v) is 2.42. The fourth-order valence-electron chi connectivity index (χ4n) is 1.68. The number of nitrogens with two attached hydrogens (primary N) is 1. The van der Waals surface area contributed by atoms with Gasteiger partial charge < -0.3 is 10.3 Å². The maximum atomic E-state index is 10.8. The number of carbonyl (C=O) groups excluding carboxylic acids is 1. The van der Waals surface area contributed by atoms with Crippen molar-refractivity contribution in [1.29, 1.82) is 0 Å². The quantitative estimate of drug-likeness (QED) is 0.809. The van der Waals surface area contributed by atoms with E-state index in [1.807, 2.05) is 31.5 Å². The summed E-state index contributed by atoms with van der Waals surface area (Å²) < 4.78 is 3.72. The second-order valence-corrected chi connectivity index (χ2v) is 5.04. The normalized spacial score (nSPS) is 10.9. The molecule has 102 valence electrons. The number of hydrogen-bond acceptors (Lipinski definition) is 5. The molecule has 2 heterocycles. The average molecular weight is 280 g/mol. The van der Waals surface area contributed by atoms with Crippen LogP contribution in [-0.4, -0.2) is 36.2 Å². The predicted molar refractivity (Wildman–Crippen MR) is 72.6 cm³/mol. The molecule has 0 atom stereocenters. The third-order valence-corrected chi connectivity index (χ3v) is 3.71. The number of hydrogen-bond donors (Lipinski definition) is 1. The van der Waals surface area contributed by atoms with E-state index in [1.165, 1.54) is 11.8 Å². The molecular formula is C11H16N6OS. The Kier molecular flexibility index (Phi) is 3.89. The van der Waals surface area contributed by atoms with Crippen LogP contribution in [-0.2, 0) is 18.4 Å². The molecule has 0 aliphatic rings. The Labute approximate surface area is 115 Å². The molecule has 0 radical (unpaired) electrons. The van der Waals surface area contributed by atoms with E-state index in [-0.39, 0.29) is 11.7 Å². The monoisotopic (exact) mass is 280 g/mol. The van der Waals surface area contributed by atoms with Crippen LogP contribution < -0.4 is 5.73 Å². The molecule has 0 unspecified atom stereocenters. The van der Waals surface area contributed by atoms with Gasteiger partial charge in [-0.2, -0.15) is 5.10 Å². The zero-order chi connectivity index (χ0) is 14.0. The first-order valence-corrected chi connectivity index (χ1v) is 6.86. The average Bonchev–Trinajstić information content (AvgIpc) is 2.90. The SMILES string of the molecule is CCn1c(SCC(N)=O)nnc1-c1cc(C)n(C)n1. The maximum absolute atomic E-state index is 10.8. The first-order valence-electron chi connectivity index (χ1n) is 5.88. The number of rotatable bonds is 5. The molecule has 19 heavy (non-hydrogen) atoms. The van der Waals surface area contributed by atoms with Crippen molar-refractivity contribution in [3.05, 3.63) is 11.8 Å². The highest BCUT2D eigenvalue weighted by Gasteiger charge is 2.16. The summed E-state index contributed by atoms with van der Waals surface area (Å²) in [6, 6.07) is 1.96. The van der Waals surface area contributed by atoms with Crippen LogP contribution in [0.2, 0.25) is 0 Å². The Morgan fingerprint density at radius 3 is 2.74 bits per heavy atom. The van der Waals surface area contributed by atoms with Gasteiger partial charge in [-0.15, -0.1) is 10.2 Å². The molecule has 8 heteroatoms. The van der Waals surface area contributed by atoms with E-state index in [1.54, 1.807) is 4.68 Å². The molecule has 0 aromatic carbocycles. The van der Waals surface area contributed by atoms with E-state index in [2.05, 4.69) is 15.3 Å². The molecule has 7 nitrogen and oxygen atoms in total. The van der Waals surface area contributed by atoms with Crippen molar-refractivity contribution in [2.24, 2.45) is 12.8 Å². The van der Waals surface area contributed by atoms with Crippen LogP contribution in [0.25, 0.3) is 11.5 Å². The summed E-state index contributed by atoms with van der Waals surface area (Å²) in [4.78, 5) is 10.8. The number of thioether (sulfide) groups is 1. The molecule has 2 rings (SSSR count). The number of aromatic nitrogens is 5. The standard InChI is InChI=1S/C11H16N6OS/c1-4-17-10(8-5-7(2)16(3)15-8)13-14-11(17)19-6-9(12)18/h5H,4,6H2,1-3H3,(H2,12,18). The molecule has 2 N–H and O–H groups in total. The zero-order valence-corrected chi connectivity index (χ0v) is 11.9. The van der Waals surface area contributed by atoms with Crippen molar-refractivity contribution in [1.82, 2.24) is 24.5 Å². The second-order valence-electron chi connectivity index (χ2n) is 4.10.